The summed E-state index contributed by atoms with van der Waals surface area (Å²) >= 11 is 13.2. The first kappa shape index (κ1) is 27.3. The standard InChI is InChI=1S/C27H27Cl2F3N2O3/c1-14-10-17(27(30,31)32)11-23-20(14)12-18(33(23)3)13-21-22(28)5-4-19(24(21)29)25(35)34-8-6-16(7-9-34)15(2)26(36)37/h4-5,10-12,15-16H,6-9,13H2,1-3H3,(H,36,37). The number of carboxylic acids is 1. The number of rotatable bonds is 5. The lowest BCUT2D eigenvalue weighted by Crippen LogP contribution is -2.41. The average Bonchev–Trinajstić information content (AvgIpc) is 3.16. The molecule has 2 heterocycles. The average molecular weight is 555 g/mol. The second kappa shape index (κ2) is 10.2. The number of halogens is 5. The fourth-order valence-electron chi connectivity index (χ4n) is 5.08. The second-order valence-corrected chi connectivity index (χ2v) is 10.5. The van der Waals surface area contributed by atoms with Crippen LogP contribution in [0.5, 0.6) is 0 Å². The number of aryl methyl sites for hydroxylation is 2. The van der Waals surface area contributed by atoms with Crippen LogP contribution in [0.1, 0.15) is 52.5 Å². The lowest BCUT2D eigenvalue weighted by molar-refractivity contribution is -0.143. The summed E-state index contributed by atoms with van der Waals surface area (Å²) in [5.74, 6) is -1.56. The Morgan fingerprint density at radius 3 is 2.38 bits per heavy atom. The van der Waals surface area contributed by atoms with Crippen molar-refractivity contribution in [1.82, 2.24) is 9.47 Å². The SMILES string of the molecule is Cc1cc(C(F)(F)F)cc2c1cc(Cc1c(Cl)ccc(C(=O)N3CCC(C(C)C(=O)O)CC3)c1Cl)n2C. The zero-order valence-corrected chi connectivity index (χ0v) is 22.1. The summed E-state index contributed by atoms with van der Waals surface area (Å²) in [5.41, 5.74) is 1.75. The fourth-order valence-corrected chi connectivity index (χ4v) is 5.66. The number of benzene rings is 2. The van der Waals surface area contributed by atoms with Crippen LogP contribution in [0.15, 0.2) is 30.3 Å². The van der Waals surface area contributed by atoms with Gasteiger partial charge >= 0.3 is 12.1 Å². The van der Waals surface area contributed by atoms with Crippen molar-refractivity contribution in [2.24, 2.45) is 18.9 Å². The van der Waals surface area contributed by atoms with Gasteiger partial charge in [-0.2, -0.15) is 13.2 Å². The zero-order valence-electron chi connectivity index (χ0n) is 20.6. The number of amides is 1. The molecule has 1 aliphatic heterocycles. The van der Waals surface area contributed by atoms with Gasteiger partial charge in [0.25, 0.3) is 5.91 Å². The zero-order chi connectivity index (χ0) is 27.2. The molecule has 37 heavy (non-hydrogen) atoms. The molecule has 1 amide bonds. The highest BCUT2D eigenvalue weighted by Crippen LogP contribution is 2.37. The molecule has 4 rings (SSSR count). The normalized spacial score (nSPS) is 15.8. The molecule has 1 aliphatic rings. The van der Waals surface area contributed by atoms with Crippen molar-refractivity contribution in [2.45, 2.75) is 39.3 Å². The first-order valence-corrected chi connectivity index (χ1v) is 12.7. The molecule has 1 unspecified atom stereocenters. The molecule has 10 heteroatoms. The van der Waals surface area contributed by atoms with E-state index in [0.717, 1.165) is 12.1 Å². The highest BCUT2D eigenvalue weighted by atomic mass is 35.5. The number of carboxylic acid groups (broad SMARTS) is 1. The highest BCUT2D eigenvalue weighted by molar-refractivity contribution is 6.38. The Kier molecular flexibility index (Phi) is 7.55. The molecule has 1 N–H and O–H groups in total. The Labute approximate surface area is 222 Å². The van der Waals surface area contributed by atoms with Crippen molar-refractivity contribution in [2.75, 3.05) is 13.1 Å². The number of carbonyl (C=O) groups is 2. The van der Waals surface area contributed by atoms with Crippen molar-refractivity contribution < 1.29 is 27.9 Å². The second-order valence-electron chi connectivity index (χ2n) is 9.74. The van der Waals surface area contributed by atoms with E-state index in [1.54, 1.807) is 42.5 Å². The summed E-state index contributed by atoms with van der Waals surface area (Å²) in [6.07, 6.45) is -3.05. The van der Waals surface area contributed by atoms with Crippen LogP contribution in [0.4, 0.5) is 13.2 Å². The molecule has 1 fully saturated rings. The number of fused-ring (bicyclic) bond motifs is 1. The van der Waals surface area contributed by atoms with Gasteiger partial charge in [0, 0.05) is 48.2 Å². The topological polar surface area (TPSA) is 62.5 Å². The van der Waals surface area contributed by atoms with Crippen LogP contribution in [0.3, 0.4) is 0 Å². The highest BCUT2D eigenvalue weighted by Gasteiger charge is 2.32. The summed E-state index contributed by atoms with van der Waals surface area (Å²) in [4.78, 5) is 26.3. The first-order valence-electron chi connectivity index (χ1n) is 11.9. The number of aromatic nitrogens is 1. The van der Waals surface area contributed by atoms with Crippen molar-refractivity contribution >= 4 is 46.0 Å². The Morgan fingerprint density at radius 1 is 1.14 bits per heavy atom. The van der Waals surface area contributed by atoms with Gasteiger partial charge in [-0.3, -0.25) is 9.59 Å². The molecule has 3 aromatic rings. The first-order chi connectivity index (χ1) is 17.3. The molecule has 5 nitrogen and oxygen atoms in total. The maximum absolute atomic E-state index is 13.4. The Morgan fingerprint density at radius 2 is 1.78 bits per heavy atom. The van der Waals surface area contributed by atoms with Gasteiger partial charge < -0.3 is 14.6 Å². The summed E-state index contributed by atoms with van der Waals surface area (Å²) < 4.78 is 41.7. The number of hydrogen-bond acceptors (Lipinski definition) is 2. The molecule has 0 aliphatic carbocycles. The van der Waals surface area contributed by atoms with Gasteiger partial charge in [0.1, 0.15) is 0 Å². The molecule has 0 spiro atoms. The van der Waals surface area contributed by atoms with E-state index in [4.69, 9.17) is 23.2 Å². The number of nitrogens with zero attached hydrogens (tertiary/aromatic N) is 2. The van der Waals surface area contributed by atoms with Gasteiger partial charge in [-0.25, -0.2) is 0 Å². The van der Waals surface area contributed by atoms with Gasteiger partial charge in [-0.15, -0.1) is 0 Å². The maximum Gasteiger partial charge on any atom is 0.416 e. The van der Waals surface area contributed by atoms with Crippen LogP contribution in [0, 0.1) is 18.8 Å². The molecule has 1 aromatic heterocycles. The molecule has 2 aromatic carbocycles. The number of likely N-dealkylation sites (tertiary alicyclic amines) is 1. The number of hydrogen-bond donors (Lipinski definition) is 1. The van der Waals surface area contributed by atoms with Crippen molar-refractivity contribution in [3.8, 4) is 0 Å². The van der Waals surface area contributed by atoms with Gasteiger partial charge in [0.2, 0.25) is 0 Å². The molecule has 1 atom stereocenters. The van der Waals surface area contributed by atoms with Gasteiger partial charge in [-0.05, 0) is 67.1 Å². The number of alkyl halides is 3. The van der Waals surface area contributed by atoms with E-state index in [1.165, 1.54) is 0 Å². The minimum atomic E-state index is -4.45. The van der Waals surface area contributed by atoms with Crippen molar-refractivity contribution in [1.29, 1.82) is 0 Å². The Hall–Kier alpha value is -2.71. The Bertz CT molecular complexity index is 1380. The Balaban J connectivity index is 1.61. The molecule has 0 bridgehead atoms. The van der Waals surface area contributed by atoms with Crippen LogP contribution in [0.2, 0.25) is 10.0 Å². The van der Waals surface area contributed by atoms with Crippen molar-refractivity contribution in [3.63, 3.8) is 0 Å². The lowest BCUT2D eigenvalue weighted by atomic mass is 9.85. The molecule has 0 saturated carbocycles. The van der Waals surface area contributed by atoms with E-state index < -0.39 is 23.6 Å². The van der Waals surface area contributed by atoms with Crippen molar-refractivity contribution in [3.05, 3.63) is 68.3 Å². The lowest BCUT2D eigenvalue weighted by Gasteiger charge is -2.34. The summed E-state index contributed by atoms with van der Waals surface area (Å²) in [7, 11) is 1.69. The molecule has 1 saturated heterocycles. The number of carbonyl (C=O) groups excluding carboxylic acids is 1. The minimum Gasteiger partial charge on any atom is -0.481 e. The van der Waals surface area contributed by atoms with E-state index in [1.807, 2.05) is 6.07 Å². The van der Waals surface area contributed by atoms with E-state index in [2.05, 4.69) is 0 Å². The van der Waals surface area contributed by atoms with Gasteiger partial charge in [0.15, 0.2) is 0 Å². The monoisotopic (exact) mass is 554 g/mol. The van der Waals surface area contributed by atoms with Gasteiger partial charge in [-0.1, -0.05) is 30.1 Å². The van der Waals surface area contributed by atoms with Crippen LogP contribution < -0.4 is 0 Å². The van der Waals surface area contributed by atoms with Gasteiger partial charge in [0.05, 0.1) is 22.1 Å². The van der Waals surface area contributed by atoms with E-state index in [0.29, 0.717) is 64.2 Å². The maximum atomic E-state index is 13.4. The number of aliphatic carboxylic acids is 1. The largest absolute Gasteiger partial charge is 0.481 e. The van der Waals surface area contributed by atoms with E-state index in [9.17, 15) is 27.9 Å². The quantitative estimate of drug-likeness (QED) is 0.370. The summed E-state index contributed by atoms with van der Waals surface area (Å²) in [6.45, 7) is 4.19. The third-order valence-corrected chi connectivity index (χ3v) is 8.28. The predicted molar refractivity (Wildman–Crippen MR) is 137 cm³/mol. The fraction of sp³-hybridized carbons (Fsp3) is 0.407. The number of piperidine rings is 1. The van der Waals surface area contributed by atoms with Crippen LogP contribution >= 0.6 is 23.2 Å². The van der Waals surface area contributed by atoms with Crippen LogP contribution in [-0.4, -0.2) is 39.5 Å². The predicted octanol–water partition coefficient (Wildman–Crippen LogP) is 6.98. The molecule has 198 valence electrons. The summed E-state index contributed by atoms with van der Waals surface area (Å²) in [5, 5.41) is 10.5. The smallest absolute Gasteiger partial charge is 0.416 e. The third-order valence-electron chi connectivity index (χ3n) is 7.49. The minimum absolute atomic E-state index is 0.00518. The molecular weight excluding hydrogens is 528 g/mol. The molecule has 0 radical (unpaired) electrons. The van der Waals surface area contributed by atoms with Crippen LogP contribution in [-0.2, 0) is 24.4 Å². The van der Waals surface area contributed by atoms with Crippen LogP contribution in [0.25, 0.3) is 10.9 Å². The molecular formula is C27H27Cl2F3N2O3. The van der Waals surface area contributed by atoms with E-state index in [-0.39, 0.29) is 23.3 Å². The van der Waals surface area contributed by atoms with E-state index >= 15 is 0 Å². The summed E-state index contributed by atoms with van der Waals surface area (Å²) in [6, 6.07) is 7.25. The third kappa shape index (κ3) is 5.32.